The van der Waals surface area contributed by atoms with E-state index in [2.05, 4.69) is 5.32 Å². The summed E-state index contributed by atoms with van der Waals surface area (Å²) in [5, 5.41) is 4.30. The first-order valence-electron chi connectivity index (χ1n) is 11.0. The van der Waals surface area contributed by atoms with E-state index in [1.54, 1.807) is 25.3 Å². The van der Waals surface area contributed by atoms with Gasteiger partial charge < -0.3 is 23.4 Å². The molecule has 3 heterocycles. The standard InChI is InChI=1S/C26H24ClN3O5/c1-29(2)7-8-34-14-5-6-15-18(13-35-21(15)9-14)24-23(25(31)28-26(24)32)17-12-30(3)20-11-22(33-4)19(27)10-16(17)20/h5-6,9-13H,7-8H2,1-4H3,(H,28,31,32). The number of aryl methyl sites for hydroxylation is 1. The summed E-state index contributed by atoms with van der Waals surface area (Å²) in [6, 6.07) is 9.01. The van der Waals surface area contributed by atoms with Crippen molar-refractivity contribution in [2.24, 2.45) is 7.05 Å². The van der Waals surface area contributed by atoms with Gasteiger partial charge in [0, 0.05) is 53.8 Å². The number of carbonyl (C=O) groups excluding carboxylic acids is 2. The Bertz CT molecular complexity index is 1530. The predicted molar refractivity (Wildman–Crippen MR) is 135 cm³/mol. The summed E-state index contributed by atoms with van der Waals surface area (Å²) in [7, 11) is 7.36. The van der Waals surface area contributed by atoms with E-state index < -0.39 is 11.8 Å². The number of carbonyl (C=O) groups is 2. The normalized spacial score (nSPS) is 14.0. The number of imide groups is 1. The van der Waals surface area contributed by atoms with Crippen LogP contribution in [-0.4, -0.2) is 55.6 Å². The van der Waals surface area contributed by atoms with Gasteiger partial charge in [-0.1, -0.05) is 11.6 Å². The number of halogens is 1. The van der Waals surface area contributed by atoms with Crippen LogP contribution in [0.2, 0.25) is 5.02 Å². The molecule has 0 radical (unpaired) electrons. The molecule has 9 heteroatoms. The number of rotatable bonds is 7. The molecular formula is C26H24ClN3O5. The van der Waals surface area contributed by atoms with Crippen molar-refractivity contribution in [2.75, 3.05) is 34.4 Å². The fourth-order valence-corrected chi connectivity index (χ4v) is 4.59. The molecule has 0 saturated carbocycles. The van der Waals surface area contributed by atoms with Gasteiger partial charge >= 0.3 is 0 Å². The molecule has 4 aromatic rings. The van der Waals surface area contributed by atoms with Crippen LogP contribution in [0, 0.1) is 0 Å². The fraction of sp³-hybridized carbons (Fsp3) is 0.231. The maximum atomic E-state index is 13.0. The number of hydrogen-bond acceptors (Lipinski definition) is 6. The Kier molecular flexibility index (Phi) is 5.78. The molecule has 2 amide bonds. The van der Waals surface area contributed by atoms with E-state index in [1.807, 2.05) is 48.9 Å². The average molecular weight is 494 g/mol. The van der Waals surface area contributed by atoms with Gasteiger partial charge in [-0.15, -0.1) is 0 Å². The zero-order valence-corrected chi connectivity index (χ0v) is 20.5. The van der Waals surface area contributed by atoms with E-state index in [-0.39, 0.29) is 11.1 Å². The summed E-state index contributed by atoms with van der Waals surface area (Å²) in [6.45, 7) is 1.31. The molecule has 2 aromatic heterocycles. The molecule has 180 valence electrons. The summed E-state index contributed by atoms with van der Waals surface area (Å²) in [6.07, 6.45) is 3.32. The zero-order valence-electron chi connectivity index (χ0n) is 19.8. The van der Waals surface area contributed by atoms with Gasteiger partial charge in [0.15, 0.2) is 0 Å². The second-order valence-corrected chi connectivity index (χ2v) is 9.06. The third-order valence-electron chi connectivity index (χ3n) is 6.09. The topological polar surface area (TPSA) is 85.9 Å². The monoisotopic (exact) mass is 493 g/mol. The molecule has 1 N–H and O–H groups in total. The van der Waals surface area contributed by atoms with Gasteiger partial charge in [0.1, 0.15) is 23.7 Å². The Morgan fingerprint density at radius 1 is 1.06 bits per heavy atom. The van der Waals surface area contributed by atoms with Gasteiger partial charge in [-0.2, -0.15) is 0 Å². The molecule has 5 rings (SSSR count). The smallest absolute Gasteiger partial charge is 0.259 e. The number of hydrogen-bond donors (Lipinski definition) is 1. The maximum Gasteiger partial charge on any atom is 0.259 e. The molecule has 8 nitrogen and oxygen atoms in total. The molecule has 0 spiro atoms. The van der Waals surface area contributed by atoms with Gasteiger partial charge in [0.25, 0.3) is 11.8 Å². The molecule has 0 saturated heterocycles. The second-order valence-electron chi connectivity index (χ2n) is 8.65. The van der Waals surface area contributed by atoms with E-state index in [0.29, 0.717) is 45.2 Å². The lowest BCUT2D eigenvalue weighted by Gasteiger charge is -2.10. The Hall–Kier alpha value is -3.75. The molecule has 0 bridgehead atoms. The Balaban J connectivity index is 1.64. The Labute approximate surface area is 206 Å². The van der Waals surface area contributed by atoms with Crippen LogP contribution < -0.4 is 14.8 Å². The zero-order chi connectivity index (χ0) is 24.9. The minimum Gasteiger partial charge on any atom is -0.495 e. The van der Waals surface area contributed by atoms with Gasteiger partial charge in [-0.05, 0) is 32.3 Å². The van der Waals surface area contributed by atoms with Gasteiger partial charge in [0.05, 0.1) is 35.1 Å². The number of benzene rings is 2. The highest BCUT2D eigenvalue weighted by molar-refractivity contribution is 6.50. The van der Waals surface area contributed by atoms with Crippen LogP contribution in [0.25, 0.3) is 33.0 Å². The highest BCUT2D eigenvalue weighted by atomic mass is 35.5. The number of aromatic nitrogens is 1. The summed E-state index contributed by atoms with van der Waals surface area (Å²) in [5.74, 6) is 0.245. The van der Waals surface area contributed by atoms with Crippen LogP contribution in [0.1, 0.15) is 11.1 Å². The number of furan rings is 1. The van der Waals surface area contributed by atoms with Crippen LogP contribution in [0.15, 0.2) is 47.2 Å². The number of amides is 2. The van der Waals surface area contributed by atoms with Gasteiger partial charge in [0.2, 0.25) is 0 Å². The Morgan fingerprint density at radius 2 is 1.80 bits per heavy atom. The van der Waals surface area contributed by atoms with Gasteiger partial charge in [-0.25, -0.2) is 0 Å². The summed E-state index contributed by atoms with van der Waals surface area (Å²) in [4.78, 5) is 28.0. The molecule has 1 aliphatic heterocycles. The first kappa shape index (κ1) is 23.0. The second kappa shape index (κ2) is 8.79. The van der Waals surface area contributed by atoms with Crippen molar-refractivity contribution in [3.63, 3.8) is 0 Å². The van der Waals surface area contributed by atoms with Crippen LogP contribution in [0.5, 0.6) is 11.5 Å². The molecular weight excluding hydrogens is 470 g/mol. The van der Waals surface area contributed by atoms with E-state index in [4.69, 9.17) is 25.5 Å². The van der Waals surface area contributed by atoms with E-state index in [9.17, 15) is 9.59 Å². The fourth-order valence-electron chi connectivity index (χ4n) is 4.35. The van der Waals surface area contributed by atoms with Crippen molar-refractivity contribution in [3.8, 4) is 11.5 Å². The molecule has 0 fully saturated rings. The Morgan fingerprint density at radius 3 is 2.51 bits per heavy atom. The first-order valence-corrected chi connectivity index (χ1v) is 11.4. The van der Waals surface area contributed by atoms with E-state index in [0.717, 1.165) is 17.4 Å². The lowest BCUT2D eigenvalue weighted by atomic mass is 9.95. The molecule has 0 atom stereocenters. The van der Waals surface area contributed by atoms with E-state index in [1.165, 1.54) is 6.26 Å². The molecule has 1 aliphatic rings. The quantitative estimate of drug-likeness (QED) is 0.390. The number of nitrogens with zero attached hydrogens (tertiary/aromatic N) is 2. The van der Waals surface area contributed by atoms with Crippen molar-refractivity contribution in [1.82, 2.24) is 14.8 Å². The highest BCUT2D eigenvalue weighted by Gasteiger charge is 2.35. The first-order chi connectivity index (χ1) is 16.8. The van der Waals surface area contributed by atoms with Crippen LogP contribution in [0.4, 0.5) is 0 Å². The number of fused-ring (bicyclic) bond motifs is 2. The minimum absolute atomic E-state index is 0.259. The minimum atomic E-state index is -0.476. The van der Waals surface area contributed by atoms with E-state index >= 15 is 0 Å². The lowest BCUT2D eigenvalue weighted by Crippen LogP contribution is -2.22. The number of ether oxygens (including phenoxy) is 2. The third-order valence-corrected chi connectivity index (χ3v) is 6.38. The third kappa shape index (κ3) is 3.94. The van der Waals surface area contributed by atoms with Crippen LogP contribution >= 0.6 is 11.6 Å². The molecule has 2 aromatic carbocycles. The average Bonchev–Trinajstić information content (AvgIpc) is 3.45. The van der Waals surface area contributed by atoms with Crippen LogP contribution in [0.3, 0.4) is 0 Å². The largest absolute Gasteiger partial charge is 0.495 e. The maximum absolute atomic E-state index is 13.0. The highest BCUT2D eigenvalue weighted by Crippen LogP contribution is 2.41. The molecule has 0 aliphatic carbocycles. The van der Waals surface area contributed by atoms with Crippen molar-refractivity contribution >= 4 is 56.4 Å². The van der Waals surface area contributed by atoms with Gasteiger partial charge in [-0.3, -0.25) is 14.9 Å². The molecule has 0 unspecified atom stereocenters. The van der Waals surface area contributed by atoms with Crippen molar-refractivity contribution < 1.29 is 23.5 Å². The predicted octanol–water partition coefficient (Wildman–Crippen LogP) is 4.09. The number of nitrogens with one attached hydrogen (secondary N) is 1. The van der Waals surface area contributed by atoms with Crippen molar-refractivity contribution in [3.05, 3.63) is 58.9 Å². The van der Waals surface area contributed by atoms with Crippen LogP contribution in [-0.2, 0) is 16.6 Å². The summed E-state index contributed by atoms with van der Waals surface area (Å²) >= 11 is 6.39. The lowest BCUT2D eigenvalue weighted by molar-refractivity contribution is -0.122. The number of likely N-dealkylation sites (N-methyl/N-ethyl adjacent to an activating group) is 1. The summed E-state index contributed by atoms with van der Waals surface area (Å²) in [5.41, 5.74) is 3.05. The number of methoxy groups -OCH3 is 1. The van der Waals surface area contributed by atoms with Crippen molar-refractivity contribution in [1.29, 1.82) is 0 Å². The summed E-state index contributed by atoms with van der Waals surface area (Å²) < 4.78 is 18.8. The molecule has 35 heavy (non-hydrogen) atoms. The van der Waals surface area contributed by atoms with Crippen molar-refractivity contribution in [2.45, 2.75) is 0 Å². The SMILES string of the molecule is COc1cc2c(cc1Cl)c(C1=C(c3coc4cc(OCCN(C)C)ccc34)C(=O)NC1=O)cn2C.